The van der Waals surface area contributed by atoms with E-state index in [1.165, 1.54) is 11.1 Å². The SMILES string of the molecule is C=CC(c1ccccc1)C(C=C)[14c]1ccccc1. The fourth-order valence-electron chi connectivity index (χ4n) is 2.33. The molecule has 0 heterocycles. The zero-order chi connectivity index (χ0) is 12.8. The Kier molecular flexibility index (Phi) is 4.14. The quantitative estimate of drug-likeness (QED) is 0.646. The van der Waals surface area contributed by atoms with Crippen molar-refractivity contribution in [1.29, 1.82) is 0 Å². The first-order valence-electron chi connectivity index (χ1n) is 6.22. The summed E-state index contributed by atoms with van der Waals surface area (Å²) in [4.78, 5) is 0. The minimum absolute atomic E-state index is 0.270. The molecule has 0 aliphatic rings. The molecule has 0 aliphatic carbocycles. The highest BCUT2D eigenvalue weighted by Gasteiger charge is 2.18. The Labute approximate surface area is 109 Å². The zero-order valence-corrected chi connectivity index (χ0v) is 10.5. The van der Waals surface area contributed by atoms with E-state index in [1.54, 1.807) is 0 Å². The van der Waals surface area contributed by atoms with Crippen LogP contribution in [0.3, 0.4) is 0 Å². The summed E-state index contributed by atoms with van der Waals surface area (Å²) in [6.45, 7) is 7.97. The lowest BCUT2D eigenvalue weighted by Crippen LogP contribution is -2.06. The second-order valence-corrected chi connectivity index (χ2v) is 4.34. The van der Waals surface area contributed by atoms with Crippen LogP contribution in [-0.2, 0) is 0 Å². The van der Waals surface area contributed by atoms with Gasteiger partial charge in [0.25, 0.3) is 0 Å². The molecule has 0 amide bonds. The summed E-state index contributed by atoms with van der Waals surface area (Å²) in [5.74, 6) is 0.539. The zero-order valence-electron chi connectivity index (χ0n) is 10.5. The summed E-state index contributed by atoms with van der Waals surface area (Å²) >= 11 is 0. The third-order valence-electron chi connectivity index (χ3n) is 3.26. The van der Waals surface area contributed by atoms with E-state index < -0.39 is 0 Å². The predicted molar refractivity (Wildman–Crippen MR) is 78.8 cm³/mol. The minimum atomic E-state index is 0.270. The molecule has 2 aromatic carbocycles. The molecule has 0 fully saturated rings. The molecule has 0 heteroatoms. The highest BCUT2D eigenvalue weighted by atomic mass is 15.0. The fourth-order valence-corrected chi connectivity index (χ4v) is 2.33. The van der Waals surface area contributed by atoms with Gasteiger partial charge in [-0.25, -0.2) is 0 Å². The summed E-state index contributed by atoms with van der Waals surface area (Å²) in [6, 6.07) is 20.9. The molecule has 2 rings (SSSR count). The highest BCUT2D eigenvalue weighted by molar-refractivity contribution is 5.34. The molecule has 0 radical (unpaired) electrons. The van der Waals surface area contributed by atoms with Crippen LogP contribution in [0.1, 0.15) is 23.0 Å². The van der Waals surface area contributed by atoms with Gasteiger partial charge in [0.05, 0.1) is 0 Å². The second kappa shape index (κ2) is 6.02. The van der Waals surface area contributed by atoms with Crippen molar-refractivity contribution in [2.24, 2.45) is 0 Å². The molecule has 0 nitrogen and oxygen atoms in total. The molecular formula is C18H18. The summed E-state index contributed by atoms with van der Waals surface area (Å²) in [6.07, 6.45) is 4.02. The lowest BCUT2D eigenvalue weighted by Gasteiger charge is -2.22. The molecule has 0 saturated carbocycles. The van der Waals surface area contributed by atoms with E-state index in [0.29, 0.717) is 0 Å². The Balaban J connectivity index is 2.37. The van der Waals surface area contributed by atoms with Gasteiger partial charge in [0.2, 0.25) is 0 Å². The Hall–Kier alpha value is -2.08. The van der Waals surface area contributed by atoms with Crippen LogP contribution in [0.25, 0.3) is 0 Å². The van der Waals surface area contributed by atoms with Crippen LogP contribution in [0.15, 0.2) is 86.0 Å². The molecule has 2 atom stereocenters. The lowest BCUT2D eigenvalue weighted by atomic mass is 9.91. The van der Waals surface area contributed by atoms with Gasteiger partial charge in [-0.3, -0.25) is 0 Å². The van der Waals surface area contributed by atoms with Gasteiger partial charge in [0.1, 0.15) is 0 Å². The van der Waals surface area contributed by atoms with E-state index in [1.807, 2.05) is 24.3 Å². The van der Waals surface area contributed by atoms with Gasteiger partial charge in [-0.05, 0) is 11.1 Å². The van der Waals surface area contributed by atoms with Crippen LogP contribution < -0.4 is 0 Å². The Morgan fingerprint density at radius 1 is 0.833 bits per heavy atom. The maximum atomic E-state index is 3.98. The third kappa shape index (κ3) is 2.60. The van der Waals surface area contributed by atoms with Crippen molar-refractivity contribution in [3.63, 3.8) is 0 Å². The third-order valence-corrected chi connectivity index (χ3v) is 3.26. The van der Waals surface area contributed by atoms with Crippen molar-refractivity contribution in [1.82, 2.24) is 0 Å². The van der Waals surface area contributed by atoms with Gasteiger partial charge < -0.3 is 0 Å². The topological polar surface area (TPSA) is 0 Å². The van der Waals surface area contributed by atoms with Crippen molar-refractivity contribution in [3.8, 4) is 0 Å². The van der Waals surface area contributed by atoms with E-state index in [9.17, 15) is 0 Å². The summed E-state index contributed by atoms with van der Waals surface area (Å²) in [7, 11) is 0. The lowest BCUT2D eigenvalue weighted by molar-refractivity contribution is 0.741. The largest absolute Gasteiger partial charge is 0.102 e. The molecule has 0 aromatic heterocycles. The molecule has 0 bridgehead atoms. The van der Waals surface area contributed by atoms with Crippen LogP contribution in [0.4, 0.5) is 0 Å². The van der Waals surface area contributed by atoms with Crippen molar-refractivity contribution in [3.05, 3.63) is 97.1 Å². The number of hydrogen-bond donors (Lipinski definition) is 0. The van der Waals surface area contributed by atoms with Crippen molar-refractivity contribution < 1.29 is 0 Å². The highest BCUT2D eigenvalue weighted by Crippen LogP contribution is 2.34. The van der Waals surface area contributed by atoms with E-state index in [4.69, 9.17) is 0 Å². The number of benzene rings is 2. The predicted octanol–water partition coefficient (Wildman–Crippen LogP) is 4.93. The Morgan fingerprint density at radius 3 is 2.00 bits per heavy atom. The van der Waals surface area contributed by atoms with Crippen molar-refractivity contribution >= 4 is 0 Å². The fraction of sp³-hybridized carbons (Fsp3) is 0.111. The average molecular weight is 236 g/mol. The summed E-state index contributed by atoms with van der Waals surface area (Å²) in [5, 5.41) is 0. The van der Waals surface area contributed by atoms with Gasteiger partial charge in [-0.15, -0.1) is 13.2 Å². The average Bonchev–Trinajstić information content (AvgIpc) is 2.46. The first-order chi connectivity index (χ1) is 8.86. The van der Waals surface area contributed by atoms with E-state index >= 15 is 0 Å². The van der Waals surface area contributed by atoms with E-state index in [-0.39, 0.29) is 11.8 Å². The number of rotatable bonds is 5. The van der Waals surface area contributed by atoms with Gasteiger partial charge in [-0.1, -0.05) is 72.8 Å². The molecule has 2 unspecified atom stereocenters. The first-order valence-corrected chi connectivity index (χ1v) is 6.22. The van der Waals surface area contributed by atoms with Crippen LogP contribution >= 0.6 is 0 Å². The van der Waals surface area contributed by atoms with Crippen LogP contribution in [0, 0.1) is 0 Å². The van der Waals surface area contributed by atoms with Gasteiger partial charge in [0, 0.05) is 11.8 Å². The molecule has 0 N–H and O–H groups in total. The molecule has 0 saturated heterocycles. The molecule has 18 heavy (non-hydrogen) atoms. The normalized spacial score (nSPS) is 13.6. The molecule has 2 aromatic rings. The van der Waals surface area contributed by atoms with Gasteiger partial charge in [-0.2, -0.15) is 0 Å². The standard InChI is InChI=1S/C18H18/c1-3-17(15-11-7-5-8-12-15)18(4-2)16-13-9-6-10-14-16/h3-14,17-18H,1-2H2/i15+2. The minimum Gasteiger partial charge on any atom is -0.102 e. The summed E-state index contributed by atoms with van der Waals surface area (Å²) in [5.41, 5.74) is 2.56. The maximum Gasteiger partial charge on any atom is 0.0119 e. The first kappa shape index (κ1) is 12.4. The monoisotopic (exact) mass is 236 g/mol. The summed E-state index contributed by atoms with van der Waals surface area (Å²) < 4.78 is 0. The number of allylic oxidation sites excluding steroid dienone is 2. The van der Waals surface area contributed by atoms with E-state index in [0.717, 1.165) is 0 Å². The second-order valence-electron chi connectivity index (χ2n) is 4.34. The van der Waals surface area contributed by atoms with Gasteiger partial charge in [0.15, 0.2) is 0 Å². The Morgan fingerprint density at radius 2 is 1.44 bits per heavy atom. The van der Waals surface area contributed by atoms with Crippen molar-refractivity contribution in [2.75, 3.05) is 0 Å². The Bertz CT molecular complexity index is 447. The van der Waals surface area contributed by atoms with Crippen molar-refractivity contribution in [2.45, 2.75) is 11.8 Å². The molecule has 90 valence electrons. The van der Waals surface area contributed by atoms with Crippen LogP contribution in [0.5, 0.6) is 0 Å². The molecule has 0 spiro atoms. The van der Waals surface area contributed by atoms with Crippen LogP contribution in [0.2, 0.25) is 0 Å². The molecular weight excluding hydrogens is 218 g/mol. The molecule has 0 aliphatic heterocycles. The number of hydrogen-bond acceptors (Lipinski definition) is 0. The van der Waals surface area contributed by atoms with E-state index in [2.05, 4.69) is 61.7 Å². The maximum absolute atomic E-state index is 3.98. The van der Waals surface area contributed by atoms with Gasteiger partial charge >= 0.3 is 0 Å². The smallest absolute Gasteiger partial charge is 0.0119 e. The van der Waals surface area contributed by atoms with Crippen LogP contribution in [-0.4, -0.2) is 0 Å².